The number of rotatable bonds is 2. The van der Waals surface area contributed by atoms with E-state index in [2.05, 4.69) is 74.0 Å². The molecule has 172 valence electrons. The van der Waals surface area contributed by atoms with Crippen molar-refractivity contribution in [3.8, 4) is 12.3 Å². The van der Waals surface area contributed by atoms with Crippen LogP contribution in [-0.2, 0) is 29.5 Å². The Morgan fingerprint density at radius 3 is 1.28 bits per heavy atom. The van der Waals surface area contributed by atoms with Crippen LogP contribution in [0.2, 0.25) is 0 Å². The van der Waals surface area contributed by atoms with E-state index in [1.54, 1.807) is 0 Å². The van der Waals surface area contributed by atoms with Crippen molar-refractivity contribution in [1.82, 2.24) is 0 Å². The van der Waals surface area contributed by atoms with Crippen molar-refractivity contribution in [2.45, 2.75) is 0 Å². The van der Waals surface area contributed by atoms with Crippen LogP contribution in [0.4, 0.5) is 0 Å². The first-order valence-electron chi connectivity index (χ1n) is 6.04. The zero-order chi connectivity index (χ0) is 26.2. The van der Waals surface area contributed by atoms with Crippen LogP contribution >= 0.6 is 48.8 Å². The van der Waals surface area contributed by atoms with Crippen LogP contribution in [0, 0.1) is 12.3 Å². The van der Waals surface area contributed by atoms with Crippen LogP contribution in [0.1, 0.15) is 0 Å². The Bertz CT molecular complexity index is 579. The fraction of sp³-hybridized carbons (Fsp3) is 0.182. The number of aliphatic hydroxyl groups is 1. The molecule has 21 heteroatoms. The minimum absolute atomic E-state index is 0. The van der Waals surface area contributed by atoms with Gasteiger partial charge in [0.15, 0.2) is 0 Å². The number of hydrogen-bond acceptors (Lipinski definition) is 7. The molecular weight excluding hydrogens is 645 g/mol. The van der Waals surface area contributed by atoms with Crippen molar-refractivity contribution < 1.29 is 52.0 Å². The Hall–Kier alpha value is -0.890. The average Bonchev–Trinajstić information content (AvgIpc) is 2.65. The third-order valence-corrected chi connectivity index (χ3v) is 1.26. The van der Waals surface area contributed by atoms with Crippen LogP contribution in [0.25, 0.3) is 0 Å². The molecule has 11 nitrogen and oxygen atoms in total. The number of esters is 1. The molecule has 0 heterocycles. The molecule has 5 N–H and O–H groups in total. The first-order valence-corrected chi connectivity index (χ1v) is 9.27. The van der Waals surface area contributed by atoms with Crippen molar-refractivity contribution in [2.24, 2.45) is 0 Å². The standard InChI is InChI=1S/C4H5BrO2.C3H3BrO2.C3H2O2.CH4O.B3.B2.B.BrH.H2O4S/c1-7-4(6)2-3-5;4-2-1-3(5)6;1-2-3(4)5;1-2;1-3-2;1-2;;;1-5(2,3)4/h2-3H,1H3;1-2H,(H,5,6);1H,(H,4,5);2H,1H3;;;;1H;(H2,1,2,3,4)/b3-2+;2-1+;;;;;;;. The molecule has 0 aromatic carbocycles. The highest BCUT2D eigenvalue weighted by Gasteiger charge is 1.85. The van der Waals surface area contributed by atoms with E-state index in [0.717, 1.165) is 20.2 Å². The second-order valence-electron chi connectivity index (χ2n) is 2.54. The monoisotopic (exact) mass is 660 g/mol. The first kappa shape index (κ1) is 57.7. The Kier molecular flexibility index (Phi) is 103. The number of carboxylic acid groups (broad SMARTS) is 2. The molecule has 0 atom stereocenters. The largest absolute Gasteiger partial charge is 0.478 e. The Labute approximate surface area is 223 Å². The summed E-state index contributed by atoms with van der Waals surface area (Å²) in [6.07, 6.45) is 6.60. The smallest absolute Gasteiger partial charge is 0.394 e. The van der Waals surface area contributed by atoms with Gasteiger partial charge in [-0.25, -0.2) is 14.4 Å². The van der Waals surface area contributed by atoms with Crippen molar-refractivity contribution in [2.75, 3.05) is 14.2 Å². The van der Waals surface area contributed by atoms with E-state index in [1.165, 1.54) is 29.1 Å². The van der Waals surface area contributed by atoms with Gasteiger partial charge in [0.05, 0.1) is 7.11 Å². The van der Waals surface area contributed by atoms with Gasteiger partial charge in [-0.3, -0.25) is 9.11 Å². The highest BCUT2D eigenvalue weighted by atomic mass is 79.9. The number of carbonyl (C=O) groups excluding carboxylic acids is 1. The molecule has 0 amide bonds. The number of aliphatic carboxylic acids is 2. The summed E-state index contributed by atoms with van der Waals surface area (Å²) in [6.45, 7) is 0. The lowest BCUT2D eigenvalue weighted by Crippen LogP contribution is -1.91. The maximum atomic E-state index is 10.1. The predicted octanol–water partition coefficient (Wildman–Crippen LogP) is -0.999. The van der Waals surface area contributed by atoms with Crippen LogP contribution in [0.3, 0.4) is 0 Å². The second kappa shape index (κ2) is 57.3. The second-order valence-corrected chi connectivity index (χ2v) is 4.49. The molecule has 0 aliphatic heterocycles. The number of carbonyl (C=O) groups is 3. The topological polar surface area (TPSA) is 196 Å². The molecule has 0 saturated heterocycles. The number of ether oxygens (including phenoxy) is 1. The van der Waals surface area contributed by atoms with Crippen molar-refractivity contribution >= 4 is 124 Å². The predicted molar refractivity (Wildman–Crippen MR) is 139 cm³/mol. The number of terminal acetylenes is 1. The molecule has 0 rings (SSSR count). The Balaban J connectivity index is -0.0000000284. The van der Waals surface area contributed by atoms with Gasteiger partial charge in [-0.15, -0.1) is 23.4 Å². The Morgan fingerprint density at radius 2 is 1.25 bits per heavy atom. The highest BCUT2D eigenvalue weighted by molar-refractivity contribution is 9.11. The molecule has 0 unspecified atom stereocenters. The zero-order valence-electron chi connectivity index (χ0n) is 16.6. The van der Waals surface area contributed by atoms with Gasteiger partial charge in [0, 0.05) is 71.6 Å². The molecule has 0 saturated carbocycles. The molecule has 0 aliphatic rings. The summed E-state index contributed by atoms with van der Waals surface area (Å²) < 4.78 is 35.8. The highest BCUT2D eigenvalue weighted by Crippen LogP contribution is 1.83. The van der Waals surface area contributed by atoms with Gasteiger partial charge in [0.1, 0.15) is 0 Å². The van der Waals surface area contributed by atoms with Gasteiger partial charge in [-0.2, -0.15) is 8.42 Å². The van der Waals surface area contributed by atoms with Gasteiger partial charge >= 0.3 is 28.3 Å². The van der Waals surface area contributed by atoms with E-state index < -0.39 is 22.3 Å². The van der Waals surface area contributed by atoms with Crippen LogP contribution in [-0.4, -0.2) is 111 Å². The minimum Gasteiger partial charge on any atom is -0.478 e. The SMILES string of the molecule is Br.C#CC(=O)O.CO.COC(=O)/C=C/Br.O=C(O)/C=C/Br.O=S(=O)(O)O.[B].[B][B].[B][B][B]. The maximum Gasteiger partial charge on any atom is 0.394 e. The molecule has 0 aliphatic carbocycles. The van der Waals surface area contributed by atoms with E-state index >= 15 is 0 Å². The summed E-state index contributed by atoms with van der Waals surface area (Å²) in [4.78, 5) is 31.4. The molecule has 0 spiro atoms. The molecule has 0 aromatic heterocycles. The lowest BCUT2D eigenvalue weighted by molar-refractivity contribution is -0.135. The summed E-state index contributed by atoms with van der Waals surface area (Å²) in [7, 11) is 15.7. The number of halogens is 3. The summed E-state index contributed by atoms with van der Waals surface area (Å²) in [5.74, 6) is -1.06. The maximum absolute atomic E-state index is 10.1. The van der Waals surface area contributed by atoms with E-state index in [-0.39, 0.29) is 31.4 Å². The molecule has 32 heavy (non-hydrogen) atoms. The fourth-order valence-electron chi connectivity index (χ4n) is 0.173. The van der Waals surface area contributed by atoms with Gasteiger partial charge in [-0.1, -0.05) is 31.9 Å². The third kappa shape index (κ3) is 277. The Morgan fingerprint density at radius 1 is 1.03 bits per heavy atom. The molecule has 0 aromatic rings. The summed E-state index contributed by atoms with van der Waals surface area (Å²) >= 11 is 5.70. The van der Waals surface area contributed by atoms with Crippen molar-refractivity contribution in [3.63, 3.8) is 0 Å². The van der Waals surface area contributed by atoms with E-state index in [0.29, 0.717) is 0 Å². The van der Waals surface area contributed by atoms with Gasteiger partial charge in [0.2, 0.25) is 0 Å². The first-order chi connectivity index (χ1) is 13.8. The summed E-state index contributed by atoms with van der Waals surface area (Å²) in [5.41, 5.74) is 0. The van der Waals surface area contributed by atoms with Crippen molar-refractivity contribution in [3.05, 3.63) is 22.1 Å². The molecule has 0 bridgehead atoms. The average molecular weight is 662 g/mol. The van der Waals surface area contributed by atoms with Gasteiger partial charge in [-0.05, 0) is 9.97 Å². The number of carboxylic acids is 2. The quantitative estimate of drug-likeness (QED) is 0.0801. The summed E-state index contributed by atoms with van der Waals surface area (Å²) in [5, 5.41) is 22.3. The number of hydrogen-bond donors (Lipinski definition) is 5. The number of methoxy groups -OCH3 is 1. The van der Waals surface area contributed by atoms with Crippen molar-refractivity contribution in [1.29, 1.82) is 0 Å². The molecule has 12 radical (unpaired) electrons. The lowest BCUT2D eigenvalue weighted by atomic mass is 9.40. The third-order valence-electron chi connectivity index (χ3n) is 0.729. The van der Waals surface area contributed by atoms with Crippen LogP contribution in [0.5, 0.6) is 0 Å². The zero-order valence-corrected chi connectivity index (χ0v) is 22.3. The van der Waals surface area contributed by atoms with Crippen LogP contribution < -0.4 is 0 Å². The molecule has 0 fully saturated rings. The van der Waals surface area contributed by atoms with E-state index in [4.69, 9.17) is 37.6 Å². The van der Waals surface area contributed by atoms with Gasteiger partial charge in [0.25, 0.3) is 0 Å². The lowest BCUT2D eigenvalue weighted by Gasteiger charge is -1.84. The van der Waals surface area contributed by atoms with E-state index in [9.17, 15) is 9.59 Å². The normalized spacial score (nSPS) is 7.19. The fourth-order valence-corrected chi connectivity index (χ4v) is 0.615. The summed E-state index contributed by atoms with van der Waals surface area (Å²) in [6, 6.07) is 0. The number of aliphatic hydroxyl groups excluding tert-OH is 1. The van der Waals surface area contributed by atoms with Crippen LogP contribution in [0.15, 0.2) is 22.1 Å². The van der Waals surface area contributed by atoms with Gasteiger partial charge < -0.3 is 20.1 Å². The molecular formula is C11H17B6Br3O11S. The minimum atomic E-state index is -4.67. The van der Waals surface area contributed by atoms with E-state index in [1.807, 2.05) is 0 Å².